The van der Waals surface area contributed by atoms with Gasteiger partial charge in [0.2, 0.25) is 0 Å². The molecule has 0 bridgehead atoms. The Balaban J connectivity index is 1.42. The van der Waals surface area contributed by atoms with Crippen LogP contribution in [0.4, 0.5) is 5.82 Å². The number of nitrogens with zero attached hydrogens (tertiary/aromatic N) is 3. The second-order valence-electron chi connectivity index (χ2n) is 7.73. The van der Waals surface area contributed by atoms with Crippen LogP contribution >= 0.6 is 0 Å². The molecule has 6 nitrogen and oxygen atoms in total. The van der Waals surface area contributed by atoms with Gasteiger partial charge in [0, 0.05) is 48.8 Å². The minimum absolute atomic E-state index is 0.229. The highest BCUT2D eigenvalue weighted by atomic mass is 16.5. The fourth-order valence-corrected chi connectivity index (χ4v) is 3.57. The fraction of sp³-hybridized carbons (Fsp3) is 0.375. The van der Waals surface area contributed by atoms with Crippen molar-refractivity contribution < 1.29 is 9.47 Å². The van der Waals surface area contributed by atoms with Crippen molar-refractivity contribution in [3.05, 3.63) is 66.2 Å². The molecular weight excluding hydrogens is 376 g/mol. The van der Waals surface area contributed by atoms with Crippen LogP contribution in [-0.2, 0) is 4.74 Å². The number of hydrogen-bond acceptors (Lipinski definition) is 6. The Morgan fingerprint density at radius 2 is 1.93 bits per heavy atom. The maximum Gasteiger partial charge on any atom is 0.129 e. The van der Waals surface area contributed by atoms with Crippen molar-refractivity contribution >= 4 is 5.82 Å². The molecule has 0 amide bonds. The zero-order chi connectivity index (χ0) is 20.8. The van der Waals surface area contributed by atoms with E-state index in [9.17, 15) is 0 Å². The van der Waals surface area contributed by atoms with Crippen molar-refractivity contribution in [3.8, 4) is 17.0 Å². The molecule has 2 aromatic heterocycles. The number of hydrogen-bond donors (Lipinski definition) is 1. The topological polar surface area (TPSA) is 69.2 Å². The van der Waals surface area contributed by atoms with E-state index in [1.807, 2.05) is 37.4 Å². The van der Waals surface area contributed by atoms with E-state index in [0.717, 1.165) is 61.1 Å². The molecule has 0 aliphatic carbocycles. The first kappa shape index (κ1) is 20.3. The Kier molecular flexibility index (Phi) is 6.54. The average molecular weight is 405 g/mol. The van der Waals surface area contributed by atoms with Gasteiger partial charge in [-0.2, -0.15) is 0 Å². The third-order valence-corrected chi connectivity index (χ3v) is 5.38. The van der Waals surface area contributed by atoms with Gasteiger partial charge in [0.15, 0.2) is 0 Å². The molecule has 1 atom stereocenters. The summed E-state index contributed by atoms with van der Waals surface area (Å²) in [5.74, 6) is 2.03. The van der Waals surface area contributed by atoms with Crippen molar-refractivity contribution in [2.45, 2.75) is 38.7 Å². The third-order valence-electron chi connectivity index (χ3n) is 5.38. The molecule has 1 aromatic carbocycles. The van der Waals surface area contributed by atoms with Crippen molar-refractivity contribution in [2.75, 3.05) is 25.1 Å². The molecule has 1 aliphatic heterocycles. The van der Waals surface area contributed by atoms with Crippen LogP contribution in [0, 0.1) is 6.92 Å². The second kappa shape index (κ2) is 9.67. The Hall–Kier alpha value is -2.99. The molecule has 1 N–H and O–H groups in total. The number of rotatable bonds is 7. The van der Waals surface area contributed by atoms with E-state index >= 15 is 0 Å². The maximum absolute atomic E-state index is 6.31. The Bertz CT molecular complexity index is 955. The summed E-state index contributed by atoms with van der Waals surface area (Å²) in [6.07, 6.45) is 5.54. The van der Waals surface area contributed by atoms with E-state index in [2.05, 4.69) is 45.4 Å². The molecule has 4 rings (SSSR count). The SMILES string of the molecule is Cc1ccc(-c2cc(NCC(C)c3ccccc3OC3CCOCC3)ncn2)cn1. The number of pyridine rings is 1. The summed E-state index contributed by atoms with van der Waals surface area (Å²) >= 11 is 0. The number of nitrogens with one attached hydrogen (secondary N) is 1. The van der Waals surface area contributed by atoms with Crippen LogP contribution in [0.3, 0.4) is 0 Å². The largest absolute Gasteiger partial charge is 0.490 e. The minimum Gasteiger partial charge on any atom is -0.490 e. The molecule has 1 saturated heterocycles. The molecule has 6 heteroatoms. The van der Waals surface area contributed by atoms with E-state index in [0.29, 0.717) is 0 Å². The zero-order valence-corrected chi connectivity index (χ0v) is 17.5. The summed E-state index contributed by atoms with van der Waals surface area (Å²) in [5.41, 5.74) is 4.03. The summed E-state index contributed by atoms with van der Waals surface area (Å²) in [6.45, 7) is 6.47. The van der Waals surface area contributed by atoms with Crippen LogP contribution in [0.15, 0.2) is 55.0 Å². The van der Waals surface area contributed by atoms with Crippen molar-refractivity contribution in [3.63, 3.8) is 0 Å². The van der Waals surface area contributed by atoms with E-state index in [-0.39, 0.29) is 12.0 Å². The van der Waals surface area contributed by atoms with Gasteiger partial charge in [-0.1, -0.05) is 25.1 Å². The Labute approximate surface area is 177 Å². The van der Waals surface area contributed by atoms with Gasteiger partial charge in [0.1, 0.15) is 24.0 Å². The smallest absolute Gasteiger partial charge is 0.129 e. The number of aromatic nitrogens is 3. The first-order valence-electron chi connectivity index (χ1n) is 10.5. The predicted octanol–water partition coefficient (Wildman–Crippen LogP) is 4.62. The normalized spacial score (nSPS) is 15.5. The van der Waals surface area contributed by atoms with E-state index in [1.165, 1.54) is 5.56 Å². The highest BCUT2D eigenvalue weighted by Gasteiger charge is 2.18. The second-order valence-corrected chi connectivity index (χ2v) is 7.73. The average Bonchev–Trinajstić information content (AvgIpc) is 2.79. The Morgan fingerprint density at radius 3 is 2.73 bits per heavy atom. The molecule has 156 valence electrons. The summed E-state index contributed by atoms with van der Waals surface area (Å²) in [5, 5.41) is 3.45. The molecule has 0 saturated carbocycles. The molecule has 3 aromatic rings. The van der Waals surface area contributed by atoms with Crippen LogP contribution in [0.25, 0.3) is 11.3 Å². The maximum atomic E-state index is 6.31. The number of aryl methyl sites for hydroxylation is 1. The van der Waals surface area contributed by atoms with Crippen LogP contribution < -0.4 is 10.1 Å². The lowest BCUT2D eigenvalue weighted by molar-refractivity contribution is 0.0251. The van der Waals surface area contributed by atoms with Crippen LogP contribution in [0.5, 0.6) is 5.75 Å². The molecule has 3 heterocycles. The van der Waals surface area contributed by atoms with Gasteiger partial charge >= 0.3 is 0 Å². The summed E-state index contributed by atoms with van der Waals surface area (Å²) in [4.78, 5) is 13.1. The monoisotopic (exact) mass is 404 g/mol. The lowest BCUT2D eigenvalue weighted by Crippen LogP contribution is -2.26. The van der Waals surface area contributed by atoms with Crippen LogP contribution in [-0.4, -0.2) is 40.8 Å². The fourth-order valence-electron chi connectivity index (χ4n) is 3.57. The quantitative estimate of drug-likeness (QED) is 0.620. The number of benzene rings is 1. The standard InChI is InChI=1S/C24H28N4O2/c1-17(21-5-3-4-6-23(21)30-20-9-11-29-12-10-20)14-26-24-13-22(27-16-28-24)19-8-7-18(2)25-15-19/h3-8,13,15-17,20H,9-12,14H2,1-2H3,(H,26,27,28). The zero-order valence-electron chi connectivity index (χ0n) is 17.5. The first-order chi connectivity index (χ1) is 14.7. The number of anilines is 1. The highest BCUT2D eigenvalue weighted by molar-refractivity contribution is 5.61. The summed E-state index contributed by atoms with van der Waals surface area (Å²) < 4.78 is 11.7. The summed E-state index contributed by atoms with van der Waals surface area (Å²) in [6, 6.07) is 14.3. The third kappa shape index (κ3) is 5.13. The lowest BCUT2D eigenvalue weighted by atomic mass is 9.99. The van der Waals surface area contributed by atoms with E-state index in [1.54, 1.807) is 6.33 Å². The van der Waals surface area contributed by atoms with Gasteiger partial charge in [-0.3, -0.25) is 4.98 Å². The van der Waals surface area contributed by atoms with E-state index < -0.39 is 0 Å². The minimum atomic E-state index is 0.229. The molecule has 30 heavy (non-hydrogen) atoms. The van der Waals surface area contributed by atoms with Gasteiger partial charge in [0.05, 0.1) is 18.9 Å². The van der Waals surface area contributed by atoms with Gasteiger partial charge in [-0.05, 0) is 30.7 Å². The van der Waals surface area contributed by atoms with Crippen molar-refractivity contribution in [1.29, 1.82) is 0 Å². The highest BCUT2D eigenvalue weighted by Crippen LogP contribution is 2.29. The molecule has 1 unspecified atom stereocenters. The van der Waals surface area contributed by atoms with Crippen molar-refractivity contribution in [1.82, 2.24) is 15.0 Å². The predicted molar refractivity (Wildman–Crippen MR) is 118 cm³/mol. The summed E-state index contributed by atoms with van der Waals surface area (Å²) in [7, 11) is 0. The lowest BCUT2D eigenvalue weighted by Gasteiger charge is -2.26. The molecule has 0 radical (unpaired) electrons. The van der Waals surface area contributed by atoms with Crippen LogP contribution in [0.2, 0.25) is 0 Å². The molecule has 1 fully saturated rings. The van der Waals surface area contributed by atoms with E-state index in [4.69, 9.17) is 9.47 Å². The van der Waals surface area contributed by atoms with Gasteiger partial charge in [-0.15, -0.1) is 0 Å². The van der Waals surface area contributed by atoms with Crippen molar-refractivity contribution in [2.24, 2.45) is 0 Å². The van der Waals surface area contributed by atoms with Crippen LogP contribution in [0.1, 0.15) is 36.9 Å². The van der Waals surface area contributed by atoms with Gasteiger partial charge in [0.25, 0.3) is 0 Å². The molecule has 1 aliphatic rings. The number of ether oxygens (including phenoxy) is 2. The molecular formula is C24H28N4O2. The first-order valence-corrected chi connectivity index (χ1v) is 10.5. The molecule has 0 spiro atoms. The van der Waals surface area contributed by atoms with Gasteiger partial charge < -0.3 is 14.8 Å². The Morgan fingerprint density at radius 1 is 1.10 bits per heavy atom. The number of para-hydroxylation sites is 1. The van der Waals surface area contributed by atoms with Gasteiger partial charge in [-0.25, -0.2) is 9.97 Å².